The molecule has 0 aliphatic heterocycles. The number of aryl methyl sites for hydroxylation is 2. The molecule has 10 nitrogen and oxygen atoms in total. The van der Waals surface area contributed by atoms with Crippen LogP contribution in [0.25, 0.3) is 33.7 Å². The second-order valence-electron chi connectivity index (χ2n) is 9.01. The number of hydrogen-bond acceptors (Lipinski definition) is 8. The monoisotopic (exact) mass is 530 g/mol. The zero-order valence-corrected chi connectivity index (χ0v) is 21.7. The number of pyridine rings is 2. The van der Waals surface area contributed by atoms with Crippen LogP contribution in [-0.2, 0) is 7.05 Å². The molecule has 2 N–H and O–H groups in total. The fraction of sp³-hybridized carbons (Fsp3) is 0.185. The van der Waals surface area contributed by atoms with Crippen LogP contribution in [-0.4, -0.2) is 35.8 Å². The van der Waals surface area contributed by atoms with Gasteiger partial charge in [-0.05, 0) is 56.7 Å². The number of benzene rings is 1. The van der Waals surface area contributed by atoms with Gasteiger partial charge in [0, 0.05) is 30.4 Å². The molecule has 0 saturated heterocycles. The lowest BCUT2D eigenvalue weighted by atomic mass is 10.0. The molecule has 192 valence electrons. The van der Waals surface area contributed by atoms with Crippen molar-refractivity contribution in [3.8, 4) is 22.8 Å². The summed E-state index contributed by atoms with van der Waals surface area (Å²) in [7, 11) is 1.67. The van der Waals surface area contributed by atoms with Crippen molar-refractivity contribution >= 4 is 34.2 Å². The summed E-state index contributed by atoms with van der Waals surface area (Å²) in [5.74, 6) is -0.0863. The van der Waals surface area contributed by atoms with E-state index in [9.17, 15) is 14.7 Å². The van der Waals surface area contributed by atoms with E-state index >= 15 is 0 Å². The molecule has 0 unspecified atom stereocenters. The smallest absolute Gasteiger partial charge is 0.356 e. The highest BCUT2D eigenvalue weighted by molar-refractivity contribution is 6.29. The standard InChI is InChI=1S/C27H23ClN6O4/c1-13-9-17(15(3)30-20-7-8-22(28)31-24(20)27(36)37)23-18(10-13)26(35)34(4)25(32-23)16-5-6-19(29-12-16)21-11-14(2)38-33-21/h5-12,15,30H,1-4H3,(H,36,37)/t15-/m1/s1. The Morgan fingerprint density at radius 1 is 1.11 bits per heavy atom. The van der Waals surface area contributed by atoms with Gasteiger partial charge in [-0.2, -0.15) is 0 Å². The van der Waals surface area contributed by atoms with E-state index in [-0.39, 0.29) is 16.4 Å². The van der Waals surface area contributed by atoms with E-state index in [1.54, 1.807) is 44.4 Å². The molecule has 11 heteroatoms. The van der Waals surface area contributed by atoms with Crippen molar-refractivity contribution in [2.24, 2.45) is 7.05 Å². The van der Waals surface area contributed by atoms with Crippen LogP contribution in [0.5, 0.6) is 0 Å². The van der Waals surface area contributed by atoms with Gasteiger partial charge in [0.25, 0.3) is 5.56 Å². The summed E-state index contributed by atoms with van der Waals surface area (Å²) >= 11 is 5.90. The second-order valence-corrected chi connectivity index (χ2v) is 9.39. The molecule has 0 aliphatic carbocycles. The minimum Gasteiger partial charge on any atom is -0.476 e. The molecule has 0 radical (unpaired) electrons. The molecule has 0 amide bonds. The van der Waals surface area contributed by atoms with Crippen molar-refractivity contribution in [3.05, 3.63) is 86.7 Å². The molecule has 0 bridgehead atoms. The number of aromatic carboxylic acids is 1. The molecule has 38 heavy (non-hydrogen) atoms. The summed E-state index contributed by atoms with van der Waals surface area (Å²) in [6, 6.07) is 11.8. The maximum absolute atomic E-state index is 13.4. The first-order valence-electron chi connectivity index (χ1n) is 11.7. The van der Waals surface area contributed by atoms with Crippen LogP contribution >= 0.6 is 11.6 Å². The Bertz CT molecular complexity index is 1760. The summed E-state index contributed by atoms with van der Waals surface area (Å²) < 4.78 is 6.63. The Hall–Kier alpha value is -4.57. The number of rotatable bonds is 6. The number of nitrogens with one attached hydrogen (secondary N) is 1. The maximum Gasteiger partial charge on any atom is 0.356 e. The van der Waals surface area contributed by atoms with E-state index in [0.29, 0.717) is 45.1 Å². The van der Waals surface area contributed by atoms with E-state index in [0.717, 1.165) is 11.1 Å². The minimum absolute atomic E-state index is 0.0785. The Labute approximate surface area is 221 Å². The second kappa shape index (κ2) is 9.71. The fourth-order valence-electron chi connectivity index (χ4n) is 4.33. The normalized spacial score (nSPS) is 12.0. The highest BCUT2D eigenvalue weighted by Gasteiger charge is 2.20. The fourth-order valence-corrected chi connectivity index (χ4v) is 4.48. The van der Waals surface area contributed by atoms with Gasteiger partial charge < -0.3 is 14.9 Å². The van der Waals surface area contributed by atoms with Gasteiger partial charge >= 0.3 is 5.97 Å². The van der Waals surface area contributed by atoms with Crippen LogP contribution in [0, 0.1) is 13.8 Å². The molecule has 5 rings (SSSR count). The van der Waals surface area contributed by atoms with E-state index in [2.05, 4.69) is 20.4 Å². The van der Waals surface area contributed by atoms with E-state index in [1.807, 2.05) is 26.0 Å². The number of fused-ring (bicyclic) bond motifs is 1. The van der Waals surface area contributed by atoms with Gasteiger partial charge in [0.05, 0.1) is 28.3 Å². The first-order valence-corrected chi connectivity index (χ1v) is 12.1. The van der Waals surface area contributed by atoms with Gasteiger partial charge in [-0.1, -0.05) is 22.8 Å². The lowest BCUT2D eigenvalue weighted by Crippen LogP contribution is -2.22. The van der Waals surface area contributed by atoms with Crippen molar-refractivity contribution in [1.29, 1.82) is 0 Å². The molecule has 0 spiro atoms. The van der Waals surface area contributed by atoms with Gasteiger partial charge in [-0.25, -0.2) is 14.8 Å². The van der Waals surface area contributed by atoms with Crippen molar-refractivity contribution < 1.29 is 14.4 Å². The lowest BCUT2D eigenvalue weighted by molar-refractivity contribution is 0.0691. The number of hydrogen-bond donors (Lipinski definition) is 2. The number of anilines is 1. The third-order valence-electron chi connectivity index (χ3n) is 6.17. The van der Waals surface area contributed by atoms with Crippen molar-refractivity contribution in [2.75, 3.05) is 5.32 Å². The quantitative estimate of drug-likeness (QED) is 0.284. The van der Waals surface area contributed by atoms with Gasteiger partial charge in [0.1, 0.15) is 22.4 Å². The van der Waals surface area contributed by atoms with Gasteiger partial charge in [-0.3, -0.25) is 14.3 Å². The van der Waals surface area contributed by atoms with Crippen LogP contribution in [0.1, 0.15) is 40.3 Å². The molecular weight excluding hydrogens is 508 g/mol. The first kappa shape index (κ1) is 25.1. The molecular formula is C27H23ClN6O4. The number of aromatic nitrogens is 5. The first-order chi connectivity index (χ1) is 18.1. The highest BCUT2D eigenvalue weighted by atomic mass is 35.5. The maximum atomic E-state index is 13.4. The topological polar surface area (TPSA) is 136 Å². The van der Waals surface area contributed by atoms with Crippen LogP contribution in [0.15, 0.2) is 58.0 Å². The minimum atomic E-state index is -1.21. The van der Waals surface area contributed by atoms with Gasteiger partial charge in [0.15, 0.2) is 5.69 Å². The van der Waals surface area contributed by atoms with E-state index in [4.69, 9.17) is 21.1 Å². The summed E-state index contributed by atoms with van der Waals surface area (Å²) in [5.41, 5.74) is 3.90. The SMILES string of the molecule is Cc1cc([C@@H](C)Nc2ccc(Cl)nc2C(=O)O)c2nc(-c3ccc(-c4cc(C)on4)nc3)n(C)c(=O)c2c1. The number of halogens is 1. The van der Waals surface area contributed by atoms with Gasteiger partial charge in [0.2, 0.25) is 0 Å². The summed E-state index contributed by atoms with van der Waals surface area (Å²) in [6.45, 7) is 5.56. The molecule has 1 atom stereocenters. The molecule has 0 aliphatic rings. The predicted molar refractivity (Wildman–Crippen MR) is 143 cm³/mol. The predicted octanol–water partition coefficient (Wildman–Crippen LogP) is 5.19. The van der Waals surface area contributed by atoms with Crippen LogP contribution in [0.3, 0.4) is 0 Å². The van der Waals surface area contributed by atoms with Crippen LogP contribution in [0.4, 0.5) is 5.69 Å². The van der Waals surface area contributed by atoms with Crippen molar-refractivity contribution in [2.45, 2.75) is 26.8 Å². The number of carbonyl (C=O) groups is 1. The van der Waals surface area contributed by atoms with Crippen LogP contribution in [0.2, 0.25) is 5.15 Å². The third kappa shape index (κ3) is 4.61. The molecule has 0 saturated carbocycles. The Kier molecular flexibility index (Phi) is 6.41. The zero-order chi connectivity index (χ0) is 27.1. The molecule has 4 aromatic heterocycles. The van der Waals surface area contributed by atoms with Gasteiger partial charge in [-0.15, -0.1) is 0 Å². The lowest BCUT2D eigenvalue weighted by Gasteiger charge is -2.20. The van der Waals surface area contributed by atoms with Crippen molar-refractivity contribution in [1.82, 2.24) is 24.7 Å². The third-order valence-corrected chi connectivity index (χ3v) is 6.38. The van der Waals surface area contributed by atoms with Crippen LogP contribution < -0.4 is 10.9 Å². The van der Waals surface area contributed by atoms with Crippen molar-refractivity contribution in [3.63, 3.8) is 0 Å². The molecule has 5 aromatic rings. The number of nitrogens with zero attached hydrogens (tertiary/aromatic N) is 5. The van der Waals surface area contributed by atoms with E-state index in [1.165, 1.54) is 10.6 Å². The molecule has 1 aromatic carbocycles. The largest absolute Gasteiger partial charge is 0.476 e. The zero-order valence-electron chi connectivity index (χ0n) is 21.0. The highest BCUT2D eigenvalue weighted by Crippen LogP contribution is 2.29. The van der Waals surface area contributed by atoms with E-state index < -0.39 is 12.0 Å². The Morgan fingerprint density at radius 2 is 1.89 bits per heavy atom. The Balaban J connectivity index is 1.60. The summed E-state index contributed by atoms with van der Waals surface area (Å²) in [6.07, 6.45) is 1.64. The molecule has 4 heterocycles. The molecule has 0 fully saturated rings. The average molecular weight is 531 g/mol. The Morgan fingerprint density at radius 3 is 2.55 bits per heavy atom. The summed E-state index contributed by atoms with van der Waals surface area (Å²) in [4.78, 5) is 38.5. The number of carboxylic acid groups (broad SMARTS) is 1. The average Bonchev–Trinajstić information content (AvgIpc) is 3.33. The summed E-state index contributed by atoms with van der Waals surface area (Å²) in [5, 5.41) is 17.3. The number of carboxylic acids is 1.